The van der Waals surface area contributed by atoms with Crippen LogP contribution >= 0.6 is 0 Å². The van der Waals surface area contributed by atoms with E-state index < -0.39 is 0 Å². The van der Waals surface area contributed by atoms with Crippen LogP contribution in [0.5, 0.6) is 0 Å². The Morgan fingerprint density at radius 1 is 1.38 bits per heavy atom. The maximum absolute atomic E-state index is 12.4. The number of benzene rings is 1. The quantitative estimate of drug-likeness (QED) is 0.909. The van der Waals surface area contributed by atoms with Gasteiger partial charge >= 0.3 is 0 Å². The number of amides is 1. The fourth-order valence-corrected chi connectivity index (χ4v) is 4.38. The molecule has 1 aromatic carbocycles. The van der Waals surface area contributed by atoms with E-state index in [9.17, 15) is 4.79 Å². The Kier molecular flexibility index (Phi) is 2.98. The molecule has 2 aliphatic rings. The molecule has 0 spiro atoms. The minimum absolute atomic E-state index is 0.0294. The second-order valence-electron chi connectivity index (χ2n) is 6.74. The summed E-state index contributed by atoms with van der Waals surface area (Å²) in [6.45, 7) is 2.16. The minimum atomic E-state index is 0.0294. The van der Waals surface area contributed by atoms with Crippen LogP contribution in [0.1, 0.15) is 43.0 Å². The Morgan fingerprint density at radius 2 is 2.29 bits per heavy atom. The van der Waals surface area contributed by atoms with Gasteiger partial charge in [-0.2, -0.15) is 0 Å². The average molecular weight is 283 g/mol. The highest BCUT2D eigenvalue weighted by atomic mass is 16.1. The van der Waals surface area contributed by atoms with Crippen molar-refractivity contribution >= 4 is 16.9 Å². The van der Waals surface area contributed by atoms with Crippen molar-refractivity contribution in [1.82, 2.24) is 15.3 Å². The molecule has 2 aliphatic carbocycles. The van der Waals surface area contributed by atoms with Gasteiger partial charge in [0.1, 0.15) is 0 Å². The molecule has 4 rings (SSSR count). The summed E-state index contributed by atoms with van der Waals surface area (Å²) in [6.07, 6.45) is 7.09. The molecule has 0 aliphatic heterocycles. The van der Waals surface area contributed by atoms with Crippen molar-refractivity contribution in [1.29, 1.82) is 0 Å². The lowest BCUT2D eigenvalue weighted by Gasteiger charge is -2.28. The van der Waals surface area contributed by atoms with Crippen molar-refractivity contribution in [2.24, 2.45) is 17.8 Å². The maximum atomic E-state index is 12.4. The van der Waals surface area contributed by atoms with Gasteiger partial charge in [0.2, 0.25) is 0 Å². The summed E-state index contributed by atoms with van der Waals surface area (Å²) >= 11 is 0. The Labute approximate surface area is 124 Å². The molecule has 1 heterocycles. The van der Waals surface area contributed by atoms with E-state index in [1.54, 1.807) is 6.33 Å². The summed E-state index contributed by atoms with van der Waals surface area (Å²) in [6, 6.07) is 5.89. The number of rotatable bonds is 3. The number of carbonyl (C=O) groups excluding carboxylic acids is 1. The third-order valence-corrected chi connectivity index (χ3v) is 5.48. The second-order valence-corrected chi connectivity index (χ2v) is 6.74. The number of H-pyrrole nitrogens is 1. The molecule has 2 N–H and O–H groups in total. The molecule has 4 nitrogen and oxygen atoms in total. The predicted molar refractivity (Wildman–Crippen MR) is 82.0 cm³/mol. The first kappa shape index (κ1) is 12.9. The molecule has 21 heavy (non-hydrogen) atoms. The van der Waals surface area contributed by atoms with Gasteiger partial charge in [-0.3, -0.25) is 4.79 Å². The number of nitrogens with one attached hydrogen (secondary N) is 2. The zero-order valence-electron chi connectivity index (χ0n) is 12.3. The second kappa shape index (κ2) is 4.86. The van der Waals surface area contributed by atoms with Gasteiger partial charge < -0.3 is 10.3 Å². The lowest BCUT2D eigenvalue weighted by molar-refractivity contribution is 0.0915. The van der Waals surface area contributed by atoms with Gasteiger partial charge in [-0.05, 0) is 62.1 Å². The number of hydrogen-bond acceptors (Lipinski definition) is 2. The van der Waals surface area contributed by atoms with Gasteiger partial charge in [-0.25, -0.2) is 4.98 Å². The molecule has 4 atom stereocenters. The first-order valence-corrected chi connectivity index (χ1v) is 7.94. The zero-order chi connectivity index (χ0) is 14.4. The highest BCUT2D eigenvalue weighted by Gasteiger charge is 2.42. The Morgan fingerprint density at radius 3 is 3.05 bits per heavy atom. The third kappa shape index (κ3) is 2.23. The van der Waals surface area contributed by atoms with E-state index in [4.69, 9.17) is 0 Å². The van der Waals surface area contributed by atoms with Crippen molar-refractivity contribution < 1.29 is 4.79 Å². The van der Waals surface area contributed by atoms with Crippen molar-refractivity contribution in [3.63, 3.8) is 0 Å². The standard InChI is InChI=1S/C17H21N3O/c1-10(14-7-11-2-3-12(14)6-11)20-17(21)13-4-5-15-16(8-13)19-9-18-15/h4-5,8-12,14H,2-3,6-7H2,1H3,(H,18,19)(H,20,21). The lowest BCUT2D eigenvalue weighted by Crippen LogP contribution is -2.40. The molecular formula is C17H21N3O. The van der Waals surface area contributed by atoms with E-state index in [1.807, 2.05) is 18.2 Å². The normalized spacial score (nSPS) is 28.9. The van der Waals surface area contributed by atoms with Gasteiger partial charge in [0.25, 0.3) is 5.91 Å². The van der Waals surface area contributed by atoms with Gasteiger partial charge in [-0.15, -0.1) is 0 Å². The highest BCUT2D eigenvalue weighted by molar-refractivity contribution is 5.97. The molecular weight excluding hydrogens is 262 g/mol. The molecule has 2 bridgehead atoms. The number of aromatic nitrogens is 2. The summed E-state index contributed by atoms with van der Waals surface area (Å²) in [7, 11) is 0. The molecule has 4 unspecified atom stereocenters. The number of nitrogens with zero attached hydrogens (tertiary/aromatic N) is 1. The lowest BCUT2D eigenvalue weighted by atomic mass is 9.84. The van der Waals surface area contributed by atoms with E-state index in [1.165, 1.54) is 25.7 Å². The SMILES string of the molecule is CC(NC(=O)c1ccc2nc[nH]c2c1)C1CC2CCC1C2. The maximum Gasteiger partial charge on any atom is 0.251 e. The first-order valence-electron chi connectivity index (χ1n) is 7.94. The number of imidazole rings is 1. The average Bonchev–Trinajstić information content (AvgIpc) is 3.21. The summed E-state index contributed by atoms with van der Waals surface area (Å²) in [5, 5.41) is 3.21. The summed E-state index contributed by atoms with van der Waals surface area (Å²) < 4.78 is 0. The van der Waals surface area contributed by atoms with Crippen LogP contribution in [0.15, 0.2) is 24.5 Å². The summed E-state index contributed by atoms with van der Waals surface area (Å²) in [5.41, 5.74) is 2.52. The van der Waals surface area contributed by atoms with E-state index in [0.29, 0.717) is 11.5 Å². The van der Waals surface area contributed by atoms with Crippen molar-refractivity contribution in [3.8, 4) is 0 Å². The van der Waals surface area contributed by atoms with Gasteiger partial charge in [0.15, 0.2) is 0 Å². The molecule has 110 valence electrons. The van der Waals surface area contributed by atoms with Crippen molar-refractivity contribution in [3.05, 3.63) is 30.1 Å². The smallest absolute Gasteiger partial charge is 0.251 e. The topological polar surface area (TPSA) is 57.8 Å². The fourth-order valence-electron chi connectivity index (χ4n) is 4.38. The summed E-state index contributed by atoms with van der Waals surface area (Å²) in [4.78, 5) is 19.7. The number of fused-ring (bicyclic) bond motifs is 3. The molecule has 1 amide bonds. The summed E-state index contributed by atoms with van der Waals surface area (Å²) in [5.74, 6) is 2.45. The van der Waals surface area contributed by atoms with Crippen LogP contribution in [0, 0.1) is 17.8 Å². The predicted octanol–water partition coefficient (Wildman–Crippen LogP) is 3.12. The Bertz CT molecular complexity index is 677. The van der Waals surface area contributed by atoms with Crippen LogP contribution < -0.4 is 5.32 Å². The molecule has 1 aromatic heterocycles. The van der Waals surface area contributed by atoms with Gasteiger partial charge in [0.05, 0.1) is 17.4 Å². The number of carbonyl (C=O) groups is 1. The zero-order valence-corrected chi connectivity index (χ0v) is 12.3. The fraction of sp³-hybridized carbons (Fsp3) is 0.529. The largest absolute Gasteiger partial charge is 0.349 e. The van der Waals surface area contributed by atoms with Crippen LogP contribution in [0.4, 0.5) is 0 Å². The first-order chi connectivity index (χ1) is 10.2. The minimum Gasteiger partial charge on any atom is -0.349 e. The Balaban J connectivity index is 1.47. The molecule has 2 fully saturated rings. The monoisotopic (exact) mass is 283 g/mol. The molecule has 0 saturated heterocycles. The van der Waals surface area contributed by atoms with Crippen molar-refractivity contribution in [2.45, 2.75) is 38.6 Å². The number of hydrogen-bond donors (Lipinski definition) is 2. The van der Waals surface area contributed by atoms with E-state index in [2.05, 4.69) is 22.2 Å². The Hall–Kier alpha value is -1.84. The van der Waals surface area contributed by atoms with Crippen LogP contribution in [-0.4, -0.2) is 21.9 Å². The van der Waals surface area contributed by atoms with Gasteiger partial charge in [-0.1, -0.05) is 6.42 Å². The molecule has 2 saturated carbocycles. The van der Waals surface area contributed by atoms with Crippen LogP contribution in [0.2, 0.25) is 0 Å². The van der Waals surface area contributed by atoms with Gasteiger partial charge in [0, 0.05) is 11.6 Å². The molecule has 2 aromatic rings. The number of aromatic amines is 1. The van der Waals surface area contributed by atoms with Crippen molar-refractivity contribution in [2.75, 3.05) is 0 Å². The van der Waals surface area contributed by atoms with Crippen LogP contribution in [0.25, 0.3) is 11.0 Å². The van der Waals surface area contributed by atoms with E-state index in [0.717, 1.165) is 22.9 Å². The molecule has 0 radical (unpaired) electrons. The van der Waals surface area contributed by atoms with E-state index >= 15 is 0 Å². The van der Waals surface area contributed by atoms with E-state index in [-0.39, 0.29) is 11.9 Å². The molecule has 4 heteroatoms. The third-order valence-electron chi connectivity index (χ3n) is 5.48. The van der Waals surface area contributed by atoms with Crippen LogP contribution in [-0.2, 0) is 0 Å². The van der Waals surface area contributed by atoms with Crippen LogP contribution in [0.3, 0.4) is 0 Å². The highest BCUT2D eigenvalue weighted by Crippen LogP contribution is 2.49.